The van der Waals surface area contributed by atoms with Gasteiger partial charge in [-0.3, -0.25) is 19.1 Å². The van der Waals surface area contributed by atoms with Crippen LogP contribution < -0.4 is 0 Å². The average molecular weight is 617 g/mol. The molecule has 2 aliphatic rings. The van der Waals surface area contributed by atoms with Gasteiger partial charge in [-0.15, -0.1) is 0 Å². The summed E-state index contributed by atoms with van der Waals surface area (Å²) in [7, 11) is 0. The van der Waals surface area contributed by atoms with Crippen molar-refractivity contribution in [1.29, 1.82) is 0 Å². The number of amides is 1. The second-order valence-electron chi connectivity index (χ2n) is 11.7. The van der Waals surface area contributed by atoms with Gasteiger partial charge < -0.3 is 10.0 Å². The van der Waals surface area contributed by atoms with E-state index in [1.54, 1.807) is 13.0 Å². The molecule has 2 aliphatic carbocycles. The summed E-state index contributed by atoms with van der Waals surface area (Å²) in [4.78, 5) is 40.2. The molecule has 1 amide bonds. The fourth-order valence-electron chi connectivity index (χ4n) is 6.32. The Labute approximate surface area is 247 Å². The van der Waals surface area contributed by atoms with Gasteiger partial charge in [0.25, 0.3) is 5.91 Å². The van der Waals surface area contributed by atoms with Gasteiger partial charge in [0.05, 0.1) is 45.4 Å². The van der Waals surface area contributed by atoms with Gasteiger partial charge >= 0.3 is 12.1 Å². The van der Waals surface area contributed by atoms with Crippen LogP contribution in [0, 0.1) is 10.8 Å². The van der Waals surface area contributed by atoms with Crippen LogP contribution in [0.5, 0.6) is 0 Å². The number of carbonyl (C=O) groups is 3. The summed E-state index contributed by atoms with van der Waals surface area (Å²) in [6, 6.07) is 3.84. The smallest absolute Gasteiger partial charge is 0.433 e. The molecule has 41 heavy (non-hydrogen) atoms. The van der Waals surface area contributed by atoms with Crippen molar-refractivity contribution in [2.45, 2.75) is 83.9 Å². The standard InChI is InChI=1S/C29H34Cl2F3N3O4/c1-3-28(11-4-5-12-28)17-36(16-22(38)23-20(30)7-6-8-21(23)31)25(39)19-15-35-37(24(19)29(32,33)34)18-9-13-27(2,14-10-18)26(40)41/h6-8,15,18H,3-5,9-14,16-17H2,1-2H3,(H,40,41). The number of rotatable bonds is 9. The van der Waals surface area contributed by atoms with Crippen molar-refractivity contribution in [2.24, 2.45) is 10.8 Å². The quantitative estimate of drug-likeness (QED) is 0.292. The molecule has 0 bridgehead atoms. The largest absolute Gasteiger partial charge is 0.481 e. The minimum absolute atomic E-state index is 0.0148. The highest BCUT2D eigenvalue weighted by Gasteiger charge is 2.46. The lowest BCUT2D eigenvalue weighted by Gasteiger charge is -2.35. The fourth-order valence-corrected chi connectivity index (χ4v) is 6.92. The molecule has 2 fully saturated rings. The number of nitrogens with zero attached hydrogens (tertiary/aromatic N) is 3. The van der Waals surface area contributed by atoms with Gasteiger partial charge in [0, 0.05) is 6.54 Å². The lowest BCUT2D eigenvalue weighted by Crippen LogP contribution is -2.43. The van der Waals surface area contributed by atoms with Gasteiger partial charge in [0.15, 0.2) is 11.5 Å². The number of ketones is 1. The first-order valence-corrected chi connectivity index (χ1v) is 14.6. The van der Waals surface area contributed by atoms with Gasteiger partial charge in [-0.1, -0.05) is 49.0 Å². The minimum Gasteiger partial charge on any atom is -0.481 e. The number of aromatic nitrogens is 2. The van der Waals surface area contributed by atoms with Crippen LogP contribution in [0.2, 0.25) is 10.0 Å². The van der Waals surface area contributed by atoms with Gasteiger partial charge in [-0.2, -0.15) is 18.3 Å². The Hall–Kier alpha value is -2.59. The molecule has 2 saturated carbocycles. The van der Waals surface area contributed by atoms with Crippen LogP contribution in [0.1, 0.15) is 104 Å². The monoisotopic (exact) mass is 615 g/mol. The molecular weight excluding hydrogens is 582 g/mol. The Kier molecular flexibility index (Phi) is 9.14. The Balaban J connectivity index is 1.70. The summed E-state index contributed by atoms with van der Waals surface area (Å²) in [6.07, 6.45) is 0.890. The van der Waals surface area contributed by atoms with Crippen molar-refractivity contribution in [2.75, 3.05) is 13.1 Å². The van der Waals surface area contributed by atoms with Crippen LogP contribution >= 0.6 is 23.2 Å². The van der Waals surface area contributed by atoms with Crippen LogP contribution in [0.4, 0.5) is 13.2 Å². The third kappa shape index (κ3) is 6.43. The summed E-state index contributed by atoms with van der Waals surface area (Å²) < 4.78 is 44.5. The molecule has 12 heteroatoms. The van der Waals surface area contributed by atoms with Gasteiger partial charge in [-0.05, 0) is 69.4 Å². The van der Waals surface area contributed by atoms with Crippen molar-refractivity contribution in [3.8, 4) is 0 Å². The van der Waals surface area contributed by atoms with Crippen LogP contribution in [0.3, 0.4) is 0 Å². The van der Waals surface area contributed by atoms with Crippen LogP contribution in [-0.4, -0.2) is 50.5 Å². The lowest BCUT2D eigenvalue weighted by atomic mass is 9.74. The first-order chi connectivity index (χ1) is 19.2. The number of alkyl halides is 3. The van der Waals surface area contributed by atoms with E-state index in [2.05, 4.69) is 5.10 Å². The van der Waals surface area contributed by atoms with E-state index in [0.29, 0.717) is 6.42 Å². The summed E-state index contributed by atoms with van der Waals surface area (Å²) >= 11 is 12.5. The maximum Gasteiger partial charge on any atom is 0.433 e. The third-order valence-electron chi connectivity index (χ3n) is 9.02. The number of hydrogen-bond donors (Lipinski definition) is 1. The second-order valence-corrected chi connectivity index (χ2v) is 12.5. The molecule has 1 aromatic heterocycles. The maximum atomic E-state index is 14.6. The topological polar surface area (TPSA) is 92.5 Å². The van der Waals surface area contributed by atoms with Crippen molar-refractivity contribution >= 4 is 40.9 Å². The molecular formula is C29H34Cl2F3N3O4. The highest BCUT2D eigenvalue weighted by atomic mass is 35.5. The SMILES string of the molecule is CCC1(CN(CC(=O)c2c(Cl)cccc2Cl)C(=O)c2cnn(C3CCC(C)(C(=O)O)CC3)c2C(F)(F)F)CCCC1. The lowest BCUT2D eigenvalue weighted by molar-refractivity contribution is -0.152. The van der Waals surface area contributed by atoms with Crippen LogP contribution in [0.25, 0.3) is 0 Å². The number of carboxylic acids is 1. The minimum atomic E-state index is -4.91. The van der Waals surface area contributed by atoms with E-state index >= 15 is 0 Å². The Morgan fingerprint density at radius 1 is 1.10 bits per heavy atom. The number of benzene rings is 1. The fraction of sp³-hybridized carbons (Fsp3) is 0.586. The van der Waals surface area contributed by atoms with E-state index in [0.717, 1.165) is 36.6 Å². The van der Waals surface area contributed by atoms with E-state index in [9.17, 15) is 32.7 Å². The van der Waals surface area contributed by atoms with E-state index in [1.165, 1.54) is 17.0 Å². The summed E-state index contributed by atoms with van der Waals surface area (Å²) in [5.41, 5.74) is -3.14. The molecule has 0 atom stereocenters. The van der Waals surface area contributed by atoms with E-state index in [4.69, 9.17) is 23.2 Å². The summed E-state index contributed by atoms with van der Waals surface area (Å²) in [6.45, 7) is 3.18. The van der Waals surface area contributed by atoms with E-state index < -0.39 is 53.1 Å². The normalized spacial score (nSPS) is 22.5. The van der Waals surface area contributed by atoms with Crippen LogP contribution in [-0.2, 0) is 11.0 Å². The first kappa shape index (κ1) is 31.3. The number of halogens is 5. The van der Waals surface area contributed by atoms with Crippen molar-refractivity contribution in [3.05, 3.63) is 51.3 Å². The molecule has 0 saturated heterocycles. The number of carbonyl (C=O) groups excluding carboxylic acids is 2. The van der Waals surface area contributed by atoms with Gasteiger partial charge in [0.1, 0.15) is 0 Å². The zero-order chi connectivity index (χ0) is 30.2. The predicted molar refractivity (Wildman–Crippen MR) is 148 cm³/mol. The number of aliphatic carboxylic acids is 1. The van der Waals surface area contributed by atoms with Crippen molar-refractivity contribution < 1.29 is 32.7 Å². The Morgan fingerprint density at radius 3 is 2.20 bits per heavy atom. The average Bonchev–Trinajstić information content (AvgIpc) is 3.56. The predicted octanol–water partition coefficient (Wildman–Crippen LogP) is 7.71. The van der Waals surface area contributed by atoms with Gasteiger partial charge in [-0.25, -0.2) is 0 Å². The summed E-state index contributed by atoms with van der Waals surface area (Å²) in [5.74, 6) is -2.50. The molecule has 0 unspecified atom stereocenters. The Bertz CT molecular complexity index is 1290. The molecule has 2 aromatic rings. The van der Waals surface area contributed by atoms with Crippen molar-refractivity contribution in [3.63, 3.8) is 0 Å². The summed E-state index contributed by atoms with van der Waals surface area (Å²) in [5, 5.41) is 13.7. The zero-order valence-electron chi connectivity index (χ0n) is 23.1. The van der Waals surface area contributed by atoms with Crippen LogP contribution in [0.15, 0.2) is 24.4 Å². The van der Waals surface area contributed by atoms with E-state index in [-0.39, 0.29) is 53.3 Å². The molecule has 1 heterocycles. The first-order valence-electron chi connectivity index (χ1n) is 13.9. The number of Topliss-reactive ketones (excluding diaryl/α,β-unsaturated/α-hetero) is 1. The molecule has 0 spiro atoms. The van der Waals surface area contributed by atoms with Gasteiger partial charge in [0.2, 0.25) is 0 Å². The highest BCUT2D eigenvalue weighted by molar-refractivity contribution is 6.40. The molecule has 7 nitrogen and oxygen atoms in total. The highest BCUT2D eigenvalue weighted by Crippen LogP contribution is 2.45. The third-order valence-corrected chi connectivity index (χ3v) is 9.65. The number of hydrogen-bond acceptors (Lipinski definition) is 4. The second kappa shape index (κ2) is 12.0. The Morgan fingerprint density at radius 2 is 1.68 bits per heavy atom. The molecule has 4 rings (SSSR count). The van der Waals surface area contributed by atoms with E-state index in [1.807, 2.05) is 6.92 Å². The molecule has 0 aliphatic heterocycles. The number of carboxylic acid groups (broad SMARTS) is 1. The zero-order valence-corrected chi connectivity index (χ0v) is 24.6. The molecule has 0 radical (unpaired) electrons. The molecule has 224 valence electrons. The molecule has 1 N–H and O–H groups in total. The molecule has 1 aromatic carbocycles. The van der Waals surface area contributed by atoms with Crippen molar-refractivity contribution in [1.82, 2.24) is 14.7 Å². The maximum absolute atomic E-state index is 14.6.